The van der Waals surface area contributed by atoms with Crippen molar-refractivity contribution in [3.8, 4) is 5.75 Å². The number of rotatable bonds is 6. The van der Waals surface area contributed by atoms with Crippen molar-refractivity contribution in [1.82, 2.24) is 0 Å². The Morgan fingerprint density at radius 2 is 2.21 bits per heavy atom. The summed E-state index contributed by atoms with van der Waals surface area (Å²) >= 11 is 0. The molecule has 0 atom stereocenters. The van der Waals surface area contributed by atoms with Crippen molar-refractivity contribution >= 4 is 17.2 Å². The Hall–Kier alpha value is -2.37. The Morgan fingerprint density at radius 1 is 1.53 bits per heavy atom. The zero-order chi connectivity index (χ0) is 14.4. The number of nitrogens with zero attached hydrogens (tertiary/aromatic N) is 1. The minimum Gasteiger partial charge on any atom is -0.493 e. The monoisotopic (exact) mass is 265 g/mol. The predicted molar refractivity (Wildman–Crippen MR) is 70.2 cm³/mol. The quantitative estimate of drug-likeness (QED) is 0.485. The zero-order valence-corrected chi connectivity index (χ0v) is 10.8. The van der Waals surface area contributed by atoms with E-state index in [0.29, 0.717) is 23.5 Å². The fourth-order valence-corrected chi connectivity index (χ4v) is 1.54. The third-order valence-corrected chi connectivity index (χ3v) is 2.40. The molecule has 0 unspecified atom stereocenters. The van der Waals surface area contributed by atoms with Crippen molar-refractivity contribution in [2.24, 2.45) is 0 Å². The van der Waals surface area contributed by atoms with Crippen LogP contribution in [0.5, 0.6) is 5.75 Å². The number of carbonyl (C=O) groups is 1. The molecular formula is C13H15NO5. The molecule has 0 aromatic heterocycles. The van der Waals surface area contributed by atoms with E-state index in [1.165, 1.54) is 18.2 Å². The molecule has 1 aromatic rings. The Kier molecular flexibility index (Phi) is 5.05. The highest BCUT2D eigenvalue weighted by Gasteiger charge is 2.13. The van der Waals surface area contributed by atoms with E-state index in [4.69, 9.17) is 9.84 Å². The van der Waals surface area contributed by atoms with E-state index in [1.807, 2.05) is 6.92 Å². The van der Waals surface area contributed by atoms with Gasteiger partial charge in [-0.1, -0.05) is 6.92 Å². The van der Waals surface area contributed by atoms with Crippen LogP contribution < -0.4 is 4.74 Å². The van der Waals surface area contributed by atoms with Crippen LogP contribution in [0.1, 0.15) is 25.8 Å². The lowest BCUT2D eigenvalue weighted by atomic mass is 10.1. The number of allylic oxidation sites excluding steroid dienone is 1. The lowest BCUT2D eigenvalue weighted by Gasteiger charge is -2.10. The molecule has 0 saturated heterocycles. The number of nitro benzene ring substituents is 1. The molecule has 1 rings (SSSR count). The lowest BCUT2D eigenvalue weighted by molar-refractivity contribution is -0.384. The third kappa shape index (κ3) is 4.09. The number of ether oxygens (including phenoxy) is 1. The summed E-state index contributed by atoms with van der Waals surface area (Å²) < 4.78 is 5.47. The van der Waals surface area contributed by atoms with Crippen LogP contribution in [0.4, 0.5) is 5.69 Å². The van der Waals surface area contributed by atoms with E-state index in [2.05, 4.69) is 0 Å². The number of benzene rings is 1. The average molecular weight is 265 g/mol. The fourth-order valence-electron chi connectivity index (χ4n) is 1.54. The second-order valence-corrected chi connectivity index (χ2v) is 3.95. The third-order valence-electron chi connectivity index (χ3n) is 2.40. The van der Waals surface area contributed by atoms with Gasteiger partial charge in [0.2, 0.25) is 0 Å². The Labute approximate surface area is 110 Å². The summed E-state index contributed by atoms with van der Waals surface area (Å²) in [6.45, 7) is 3.97. The molecule has 6 heteroatoms. The summed E-state index contributed by atoms with van der Waals surface area (Å²) in [7, 11) is 0. The van der Waals surface area contributed by atoms with Gasteiger partial charge in [0.05, 0.1) is 11.5 Å². The highest BCUT2D eigenvalue weighted by atomic mass is 16.6. The maximum absolute atomic E-state index is 10.8. The van der Waals surface area contributed by atoms with Gasteiger partial charge in [0.15, 0.2) is 0 Å². The van der Waals surface area contributed by atoms with Crippen molar-refractivity contribution in [2.45, 2.75) is 20.3 Å². The van der Waals surface area contributed by atoms with Gasteiger partial charge in [-0.2, -0.15) is 0 Å². The molecule has 0 aliphatic carbocycles. The normalized spacial score (nSPS) is 11.2. The summed E-state index contributed by atoms with van der Waals surface area (Å²) in [5, 5.41) is 19.5. The van der Waals surface area contributed by atoms with Crippen molar-refractivity contribution < 1.29 is 19.6 Å². The fraction of sp³-hybridized carbons (Fsp3) is 0.308. The molecule has 0 amide bonds. The van der Waals surface area contributed by atoms with Gasteiger partial charge in [-0.3, -0.25) is 10.1 Å². The van der Waals surface area contributed by atoms with Crippen molar-refractivity contribution in [3.05, 3.63) is 40.0 Å². The molecule has 102 valence electrons. The van der Waals surface area contributed by atoms with Gasteiger partial charge in [0.1, 0.15) is 5.75 Å². The molecular weight excluding hydrogens is 250 g/mol. The molecule has 0 aliphatic rings. The van der Waals surface area contributed by atoms with Crippen LogP contribution in [0.25, 0.3) is 5.57 Å². The van der Waals surface area contributed by atoms with Gasteiger partial charge in [-0.05, 0) is 25.0 Å². The Bertz CT molecular complexity index is 522. The van der Waals surface area contributed by atoms with Crippen LogP contribution in [0.15, 0.2) is 24.3 Å². The van der Waals surface area contributed by atoms with E-state index in [0.717, 1.165) is 12.5 Å². The molecule has 1 N–H and O–H groups in total. The summed E-state index contributed by atoms with van der Waals surface area (Å²) in [6, 6.07) is 4.14. The largest absolute Gasteiger partial charge is 0.493 e. The van der Waals surface area contributed by atoms with E-state index in [1.54, 1.807) is 6.92 Å². The topological polar surface area (TPSA) is 89.7 Å². The van der Waals surface area contributed by atoms with E-state index >= 15 is 0 Å². The first-order valence-corrected chi connectivity index (χ1v) is 5.78. The molecule has 0 saturated carbocycles. The highest BCUT2D eigenvalue weighted by molar-refractivity contribution is 5.90. The molecule has 0 bridgehead atoms. The van der Waals surface area contributed by atoms with Gasteiger partial charge in [0, 0.05) is 23.8 Å². The van der Waals surface area contributed by atoms with Crippen LogP contribution in [0.2, 0.25) is 0 Å². The summed E-state index contributed by atoms with van der Waals surface area (Å²) in [6.07, 6.45) is 1.79. The van der Waals surface area contributed by atoms with Gasteiger partial charge in [-0.25, -0.2) is 4.79 Å². The van der Waals surface area contributed by atoms with Crippen LogP contribution in [-0.4, -0.2) is 22.6 Å². The van der Waals surface area contributed by atoms with Crippen molar-refractivity contribution in [2.75, 3.05) is 6.61 Å². The molecule has 1 aromatic carbocycles. The first-order chi connectivity index (χ1) is 8.95. The van der Waals surface area contributed by atoms with Crippen LogP contribution in [0.3, 0.4) is 0 Å². The maximum Gasteiger partial charge on any atom is 0.328 e. The molecule has 0 radical (unpaired) electrons. The van der Waals surface area contributed by atoms with E-state index < -0.39 is 10.9 Å². The number of hydrogen-bond acceptors (Lipinski definition) is 4. The smallest absolute Gasteiger partial charge is 0.328 e. The number of aliphatic carboxylic acids is 1. The van der Waals surface area contributed by atoms with Gasteiger partial charge in [0.25, 0.3) is 5.69 Å². The first-order valence-electron chi connectivity index (χ1n) is 5.78. The Balaban J connectivity index is 3.24. The standard InChI is InChI=1S/C13H15NO5/c1-3-6-19-12-5-4-10(14(17)18)8-11(12)9(2)7-13(15)16/h4-5,7-8H,3,6H2,1-2H3,(H,15,16). The molecule has 6 nitrogen and oxygen atoms in total. The predicted octanol–water partition coefficient (Wildman–Crippen LogP) is 2.87. The number of non-ortho nitro benzene ring substituents is 1. The van der Waals surface area contributed by atoms with Crippen LogP contribution in [-0.2, 0) is 4.79 Å². The molecule has 0 heterocycles. The minimum atomic E-state index is -1.11. The maximum atomic E-state index is 10.8. The molecule has 0 aliphatic heterocycles. The summed E-state index contributed by atoms with van der Waals surface area (Å²) in [4.78, 5) is 20.9. The average Bonchev–Trinajstić information content (AvgIpc) is 2.35. The summed E-state index contributed by atoms with van der Waals surface area (Å²) in [5.74, 6) is -0.659. The van der Waals surface area contributed by atoms with Crippen molar-refractivity contribution in [3.63, 3.8) is 0 Å². The second-order valence-electron chi connectivity index (χ2n) is 3.95. The number of nitro groups is 1. The zero-order valence-electron chi connectivity index (χ0n) is 10.8. The van der Waals surface area contributed by atoms with E-state index in [-0.39, 0.29) is 5.69 Å². The van der Waals surface area contributed by atoms with Crippen LogP contribution >= 0.6 is 0 Å². The number of carboxylic acid groups (broad SMARTS) is 1. The minimum absolute atomic E-state index is 0.100. The number of carboxylic acids is 1. The van der Waals surface area contributed by atoms with Gasteiger partial charge in [-0.15, -0.1) is 0 Å². The van der Waals surface area contributed by atoms with Gasteiger partial charge >= 0.3 is 5.97 Å². The Morgan fingerprint density at radius 3 is 2.74 bits per heavy atom. The summed E-state index contributed by atoms with van der Waals surface area (Å²) in [5.41, 5.74) is 0.726. The second kappa shape index (κ2) is 6.53. The molecule has 19 heavy (non-hydrogen) atoms. The molecule has 0 fully saturated rings. The highest BCUT2D eigenvalue weighted by Crippen LogP contribution is 2.30. The number of hydrogen-bond donors (Lipinski definition) is 1. The lowest BCUT2D eigenvalue weighted by Crippen LogP contribution is -2.00. The van der Waals surface area contributed by atoms with E-state index in [9.17, 15) is 14.9 Å². The SMILES string of the molecule is CCCOc1ccc([N+](=O)[O-])cc1C(C)=CC(=O)O. The molecule has 0 spiro atoms. The van der Waals surface area contributed by atoms with Crippen molar-refractivity contribution in [1.29, 1.82) is 0 Å². The van der Waals surface area contributed by atoms with Crippen LogP contribution in [0, 0.1) is 10.1 Å². The first kappa shape index (κ1) is 14.7. The van der Waals surface area contributed by atoms with Gasteiger partial charge < -0.3 is 9.84 Å².